The molecule has 6 heteroatoms. The molecule has 6 nitrogen and oxygen atoms in total. The lowest BCUT2D eigenvalue weighted by atomic mass is 9.98. The molecule has 0 aromatic heterocycles. The molecular weight excluding hydrogens is 268 g/mol. The van der Waals surface area contributed by atoms with Gasteiger partial charge in [0, 0.05) is 39.8 Å². The molecule has 1 saturated heterocycles. The van der Waals surface area contributed by atoms with Crippen molar-refractivity contribution in [1.82, 2.24) is 15.1 Å². The van der Waals surface area contributed by atoms with Gasteiger partial charge < -0.3 is 10.1 Å². The Bertz CT molecular complexity index is 397. The summed E-state index contributed by atoms with van der Waals surface area (Å²) >= 11 is 0. The van der Waals surface area contributed by atoms with Crippen molar-refractivity contribution in [3.63, 3.8) is 0 Å². The minimum Gasteiger partial charge on any atom is -0.383 e. The van der Waals surface area contributed by atoms with E-state index in [1.165, 1.54) is 0 Å². The molecule has 2 fully saturated rings. The van der Waals surface area contributed by atoms with Crippen LogP contribution in [0.15, 0.2) is 0 Å². The van der Waals surface area contributed by atoms with E-state index in [1.54, 1.807) is 7.11 Å². The van der Waals surface area contributed by atoms with Gasteiger partial charge in [0.1, 0.15) is 5.54 Å². The predicted molar refractivity (Wildman–Crippen MR) is 79.6 cm³/mol. The summed E-state index contributed by atoms with van der Waals surface area (Å²) in [6.07, 6.45) is 2.09. The largest absolute Gasteiger partial charge is 0.383 e. The Morgan fingerprint density at radius 2 is 1.95 bits per heavy atom. The number of ether oxygens (including phenoxy) is 1. The van der Waals surface area contributed by atoms with Crippen LogP contribution in [0, 0.1) is 17.2 Å². The molecular formula is C15H26N4O2. The van der Waals surface area contributed by atoms with Gasteiger partial charge in [-0.15, -0.1) is 0 Å². The highest BCUT2D eigenvalue weighted by molar-refractivity contribution is 5.79. The van der Waals surface area contributed by atoms with Gasteiger partial charge in [-0.25, -0.2) is 0 Å². The minimum absolute atomic E-state index is 0.0312. The van der Waals surface area contributed by atoms with E-state index in [0.717, 1.165) is 52.2 Å². The van der Waals surface area contributed by atoms with Crippen molar-refractivity contribution in [2.24, 2.45) is 5.92 Å². The Morgan fingerprint density at radius 1 is 1.33 bits per heavy atom. The molecule has 0 spiro atoms. The number of carbonyl (C=O) groups excluding carboxylic acids is 1. The van der Waals surface area contributed by atoms with Crippen molar-refractivity contribution >= 4 is 5.91 Å². The summed E-state index contributed by atoms with van der Waals surface area (Å²) in [5, 5.41) is 12.2. The molecule has 0 radical (unpaired) electrons. The molecule has 1 N–H and O–H groups in total. The summed E-state index contributed by atoms with van der Waals surface area (Å²) in [5.41, 5.74) is -0.683. The quantitative estimate of drug-likeness (QED) is 0.719. The predicted octanol–water partition coefficient (Wildman–Crippen LogP) is 0.0589. The van der Waals surface area contributed by atoms with Crippen LogP contribution in [0.5, 0.6) is 0 Å². The monoisotopic (exact) mass is 294 g/mol. The molecule has 1 unspecified atom stereocenters. The summed E-state index contributed by atoms with van der Waals surface area (Å²) in [5.74, 6) is 0.300. The number of hydrogen-bond acceptors (Lipinski definition) is 5. The molecule has 21 heavy (non-hydrogen) atoms. The normalized spacial score (nSPS) is 23.3. The van der Waals surface area contributed by atoms with Crippen LogP contribution < -0.4 is 5.32 Å². The fraction of sp³-hybridized carbons (Fsp3) is 0.867. The Morgan fingerprint density at radius 3 is 2.48 bits per heavy atom. The summed E-state index contributed by atoms with van der Waals surface area (Å²) in [6.45, 7) is 7.65. The average Bonchev–Trinajstić information content (AvgIpc) is 3.31. The van der Waals surface area contributed by atoms with Crippen LogP contribution in [0.4, 0.5) is 0 Å². The lowest BCUT2D eigenvalue weighted by Crippen LogP contribution is -2.53. The van der Waals surface area contributed by atoms with Gasteiger partial charge in [0.2, 0.25) is 5.91 Å². The van der Waals surface area contributed by atoms with Crippen LogP contribution >= 0.6 is 0 Å². The van der Waals surface area contributed by atoms with Crippen molar-refractivity contribution in [3.8, 4) is 6.07 Å². The number of methoxy groups -OCH3 is 1. The summed E-state index contributed by atoms with van der Waals surface area (Å²) in [7, 11) is 1.71. The number of rotatable bonds is 7. The first-order valence-corrected chi connectivity index (χ1v) is 7.73. The van der Waals surface area contributed by atoms with E-state index in [2.05, 4.69) is 21.2 Å². The first-order chi connectivity index (χ1) is 10.1. The third-order valence-electron chi connectivity index (χ3n) is 4.47. The van der Waals surface area contributed by atoms with Gasteiger partial charge >= 0.3 is 0 Å². The topological polar surface area (TPSA) is 68.6 Å². The fourth-order valence-corrected chi connectivity index (χ4v) is 2.81. The molecule has 1 atom stereocenters. The van der Waals surface area contributed by atoms with Crippen LogP contribution in [0.1, 0.15) is 19.8 Å². The zero-order valence-corrected chi connectivity index (χ0v) is 13.1. The molecule has 2 rings (SSSR count). The third kappa shape index (κ3) is 4.67. The Balaban J connectivity index is 1.71. The van der Waals surface area contributed by atoms with E-state index in [1.807, 2.05) is 6.92 Å². The molecule has 0 aromatic rings. The van der Waals surface area contributed by atoms with Crippen LogP contribution in [0.2, 0.25) is 0 Å². The zero-order chi connectivity index (χ0) is 15.3. The average molecular weight is 294 g/mol. The molecule has 0 aromatic carbocycles. The molecule has 118 valence electrons. The number of nitrogens with zero attached hydrogens (tertiary/aromatic N) is 3. The Labute approximate surface area is 127 Å². The third-order valence-corrected chi connectivity index (χ3v) is 4.47. The van der Waals surface area contributed by atoms with Crippen molar-refractivity contribution in [1.29, 1.82) is 5.26 Å². The lowest BCUT2D eigenvalue weighted by Gasteiger charge is -2.34. The van der Waals surface area contributed by atoms with Gasteiger partial charge in [0.25, 0.3) is 0 Å². The number of piperazine rings is 1. The number of carbonyl (C=O) groups is 1. The first-order valence-electron chi connectivity index (χ1n) is 7.73. The number of hydrogen-bond donors (Lipinski definition) is 1. The summed E-state index contributed by atoms with van der Waals surface area (Å²) < 4.78 is 5.08. The van der Waals surface area contributed by atoms with Crippen LogP contribution in [0.25, 0.3) is 0 Å². The van der Waals surface area contributed by atoms with Crippen molar-refractivity contribution in [2.75, 3.05) is 53.0 Å². The molecule has 1 aliphatic carbocycles. The maximum Gasteiger partial charge on any atom is 0.235 e. The Hall–Kier alpha value is -1.16. The van der Waals surface area contributed by atoms with Crippen molar-refractivity contribution in [3.05, 3.63) is 0 Å². The highest BCUT2D eigenvalue weighted by Crippen LogP contribution is 2.39. The molecule has 1 saturated carbocycles. The van der Waals surface area contributed by atoms with Crippen molar-refractivity contribution in [2.45, 2.75) is 25.3 Å². The number of amides is 1. The van der Waals surface area contributed by atoms with E-state index >= 15 is 0 Å². The van der Waals surface area contributed by atoms with Crippen LogP contribution in [-0.2, 0) is 9.53 Å². The zero-order valence-electron chi connectivity index (χ0n) is 13.1. The second-order valence-corrected chi connectivity index (χ2v) is 6.25. The second kappa shape index (κ2) is 7.21. The molecule has 1 heterocycles. The van der Waals surface area contributed by atoms with E-state index in [-0.39, 0.29) is 5.91 Å². The highest BCUT2D eigenvalue weighted by atomic mass is 16.5. The summed E-state index contributed by atoms with van der Waals surface area (Å²) in [4.78, 5) is 16.6. The standard InChI is InChI=1S/C15H26N4O2/c1-15(12-16,13-3-4-13)17-14(20)11-19-7-5-18(6-8-19)9-10-21-2/h13H,3-11H2,1-2H3,(H,17,20). The van der Waals surface area contributed by atoms with Crippen LogP contribution in [0.3, 0.4) is 0 Å². The van der Waals surface area contributed by atoms with E-state index in [9.17, 15) is 10.1 Å². The molecule has 1 amide bonds. The van der Waals surface area contributed by atoms with Gasteiger partial charge in [-0.1, -0.05) is 0 Å². The molecule has 0 bridgehead atoms. The van der Waals surface area contributed by atoms with E-state index in [4.69, 9.17) is 4.74 Å². The van der Waals surface area contributed by atoms with Crippen LogP contribution in [-0.4, -0.2) is 74.2 Å². The first kappa shape index (κ1) is 16.2. The van der Waals surface area contributed by atoms with Gasteiger partial charge in [-0.3, -0.25) is 14.6 Å². The van der Waals surface area contributed by atoms with Gasteiger partial charge in [-0.2, -0.15) is 5.26 Å². The SMILES string of the molecule is COCCN1CCN(CC(=O)NC(C)(C#N)C2CC2)CC1. The highest BCUT2D eigenvalue weighted by Gasteiger charge is 2.43. The lowest BCUT2D eigenvalue weighted by molar-refractivity contribution is -0.124. The number of nitriles is 1. The van der Waals surface area contributed by atoms with E-state index in [0.29, 0.717) is 12.5 Å². The van der Waals surface area contributed by atoms with E-state index < -0.39 is 5.54 Å². The smallest absolute Gasteiger partial charge is 0.235 e. The van der Waals surface area contributed by atoms with Gasteiger partial charge in [0.05, 0.1) is 19.2 Å². The Kier molecular flexibility index (Phi) is 5.57. The molecule has 1 aliphatic heterocycles. The molecule has 2 aliphatic rings. The maximum absolute atomic E-state index is 12.1. The van der Waals surface area contributed by atoms with Crippen molar-refractivity contribution < 1.29 is 9.53 Å². The fourth-order valence-electron chi connectivity index (χ4n) is 2.81. The maximum atomic E-state index is 12.1. The second-order valence-electron chi connectivity index (χ2n) is 6.25. The summed E-state index contributed by atoms with van der Waals surface area (Å²) in [6, 6.07) is 2.27. The van der Waals surface area contributed by atoms with Gasteiger partial charge in [-0.05, 0) is 25.7 Å². The number of nitrogens with one attached hydrogen (secondary N) is 1. The minimum atomic E-state index is -0.683. The van der Waals surface area contributed by atoms with Gasteiger partial charge in [0.15, 0.2) is 0 Å².